The molecule has 1 aliphatic carbocycles. The number of benzene rings is 1. The van der Waals surface area contributed by atoms with Crippen LogP contribution in [0.2, 0.25) is 0 Å². The summed E-state index contributed by atoms with van der Waals surface area (Å²) in [6.07, 6.45) is 2.13. The lowest BCUT2D eigenvalue weighted by Crippen LogP contribution is -2.34. The second-order valence-corrected chi connectivity index (χ2v) is 5.19. The molecule has 0 radical (unpaired) electrons. The summed E-state index contributed by atoms with van der Waals surface area (Å²) in [5, 5.41) is 29.1. The normalized spacial score (nSPS) is 18.6. The van der Waals surface area contributed by atoms with Crippen LogP contribution in [-0.4, -0.2) is 16.2 Å². The van der Waals surface area contributed by atoms with Gasteiger partial charge in [-0.2, -0.15) is 5.26 Å². The van der Waals surface area contributed by atoms with Gasteiger partial charge < -0.3 is 10.2 Å². The molecule has 0 aromatic heterocycles. The Kier molecular flexibility index (Phi) is 3.84. The van der Waals surface area contributed by atoms with Crippen LogP contribution in [0.25, 0.3) is 0 Å². The number of nitrogens with zero attached hydrogens (tertiary/aromatic N) is 1. The fourth-order valence-electron chi connectivity index (χ4n) is 2.24. The summed E-state index contributed by atoms with van der Waals surface area (Å²) in [5.74, 6) is 4.29. The van der Waals surface area contributed by atoms with Gasteiger partial charge in [-0.1, -0.05) is 42.2 Å². The maximum absolute atomic E-state index is 11.0. The third kappa shape index (κ3) is 2.81. The maximum Gasteiger partial charge on any atom is 0.329 e. The number of aliphatic carboxylic acids is 1. The molecule has 1 aliphatic rings. The lowest BCUT2D eigenvalue weighted by atomic mass is 9.79. The zero-order valence-corrected chi connectivity index (χ0v) is 11.6. The van der Waals surface area contributed by atoms with Crippen molar-refractivity contribution in [2.75, 3.05) is 0 Å². The fourth-order valence-corrected chi connectivity index (χ4v) is 2.24. The molecule has 1 atom stereocenters. The van der Waals surface area contributed by atoms with E-state index < -0.39 is 17.0 Å². The summed E-state index contributed by atoms with van der Waals surface area (Å²) < 4.78 is 0. The van der Waals surface area contributed by atoms with Gasteiger partial charge >= 0.3 is 5.97 Å². The molecule has 4 heteroatoms. The Balaban J connectivity index is 2.48. The van der Waals surface area contributed by atoms with Gasteiger partial charge in [0.2, 0.25) is 0 Å². The van der Waals surface area contributed by atoms with Crippen LogP contribution in [-0.2, 0) is 10.4 Å². The van der Waals surface area contributed by atoms with Crippen LogP contribution >= 0.6 is 0 Å². The third-order valence-corrected chi connectivity index (χ3v) is 3.63. The van der Waals surface area contributed by atoms with Gasteiger partial charge in [0.1, 0.15) is 5.41 Å². The van der Waals surface area contributed by atoms with Crippen LogP contribution in [0.15, 0.2) is 42.0 Å². The van der Waals surface area contributed by atoms with E-state index in [1.54, 1.807) is 31.2 Å². The predicted molar refractivity (Wildman–Crippen MR) is 76.8 cm³/mol. The summed E-state index contributed by atoms with van der Waals surface area (Å²) in [5.41, 5.74) is -1.62. The van der Waals surface area contributed by atoms with E-state index in [2.05, 4.69) is 17.9 Å². The van der Waals surface area contributed by atoms with Crippen molar-refractivity contribution in [3.63, 3.8) is 0 Å². The summed E-state index contributed by atoms with van der Waals surface area (Å²) >= 11 is 0. The predicted octanol–water partition coefficient (Wildman–Crippen LogP) is 2.21. The number of carbonyl (C=O) groups is 1. The van der Waals surface area contributed by atoms with Crippen LogP contribution in [0.1, 0.15) is 25.3 Å². The second-order valence-electron chi connectivity index (χ2n) is 5.19. The van der Waals surface area contributed by atoms with E-state index in [9.17, 15) is 15.2 Å². The number of aliphatic hydroxyl groups is 1. The summed E-state index contributed by atoms with van der Waals surface area (Å²) in [4.78, 5) is 10.6. The van der Waals surface area contributed by atoms with E-state index in [4.69, 9.17) is 5.11 Å². The molecule has 0 spiro atoms. The Morgan fingerprint density at radius 1 is 1.38 bits per heavy atom. The molecule has 1 saturated carbocycles. The first-order valence-electron chi connectivity index (χ1n) is 6.57. The summed E-state index contributed by atoms with van der Waals surface area (Å²) in [6.45, 7) is 1.55. The maximum atomic E-state index is 11.0. The highest BCUT2D eigenvalue weighted by atomic mass is 16.4. The number of allylic oxidation sites excluding steroid dienone is 1. The first-order valence-corrected chi connectivity index (χ1v) is 6.57. The van der Waals surface area contributed by atoms with Crippen molar-refractivity contribution in [3.05, 3.63) is 47.5 Å². The monoisotopic (exact) mass is 281 g/mol. The highest BCUT2D eigenvalue weighted by Crippen LogP contribution is 2.57. The van der Waals surface area contributed by atoms with Crippen LogP contribution in [0.5, 0.6) is 0 Å². The lowest BCUT2D eigenvalue weighted by Gasteiger charge is -2.27. The zero-order valence-electron chi connectivity index (χ0n) is 11.6. The Morgan fingerprint density at radius 3 is 2.48 bits per heavy atom. The van der Waals surface area contributed by atoms with Crippen molar-refractivity contribution >= 4 is 5.97 Å². The first-order chi connectivity index (χ1) is 9.93. The molecule has 4 nitrogen and oxygen atoms in total. The van der Waals surface area contributed by atoms with Gasteiger partial charge in [0.05, 0.1) is 6.07 Å². The molecular weight excluding hydrogens is 266 g/mol. The highest BCUT2D eigenvalue weighted by molar-refractivity contribution is 5.81. The van der Waals surface area contributed by atoms with E-state index >= 15 is 0 Å². The Morgan fingerprint density at radius 2 is 2.00 bits per heavy atom. The van der Waals surface area contributed by atoms with Gasteiger partial charge in [-0.05, 0) is 25.3 Å². The van der Waals surface area contributed by atoms with Gasteiger partial charge in [0.25, 0.3) is 0 Å². The van der Waals surface area contributed by atoms with E-state index in [1.807, 2.05) is 6.07 Å². The van der Waals surface area contributed by atoms with Crippen LogP contribution in [0.3, 0.4) is 0 Å². The van der Waals surface area contributed by atoms with E-state index in [-0.39, 0.29) is 0 Å². The van der Waals surface area contributed by atoms with Crippen LogP contribution < -0.4 is 0 Å². The molecule has 0 heterocycles. The Hall–Kier alpha value is -2.56. The second kappa shape index (κ2) is 5.44. The number of nitriles is 1. The standard InChI is InChI=1S/C17H15NO3/c1-13(11-15(19)20)7-8-17(21,16(12-18)9-10-16)14-5-3-2-4-6-14/h2-6,11,21H,9-10H2,1H3,(H,19,20)/b13-11-/t17-/m1/s1. The molecule has 2 N–H and O–H groups in total. The number of hydrogen-bond donors (Lipinski definition) is 2. The van der Waals surface area contributed by atoms with Crippen molar-refractivity contribution in [3.8, 4) is 17.9 Å². The molecule has 0 unspecified atom stereocenters. The summed E-state index contributed by atoms with van der Waals surface area (Å²) in [6, 6.07) is 11.0. The molecule has 0 bridgehead atoms. The minimum Gasteiger partial charge on any atom is -0.478 e. The molecule has 106 valence electrons. The van der Waals surface area contributed by atoms with E-state index in [0.29, 0.717) is 24.0 Å². The van der Waals surface area contributed by atoms with Gasteiger partial charge in [-0.15, -0.1) is 0 Å². The van der Waals surface area contributed by atoms with Gasteiger partial charge in [0, 0.05) is 11.6 Å². The van der Waals surface area contributed by atoms with Crippen LogP contribution in [0, 0.1) is 28.6 Å². The smallest absolute Gasteiger partial charge is 0.329 e. The molecule has 1 aromatic carbocycles. The Bertz CT molecular complexity index is 684. The van der Waals surface area contributed by atoms with Gasteiger partial charge in [-0.25, -0.2) is 4.79 Å². The van der Waals surface area contributed by atoms with E-state index in [1.165, 1.54) is 0 Å². The first kappa shape index (κ1) is 14.8. The van der Waals surface area contributed by atoms with Crippen molar-refractivity contribution in [2.24, 2.45) is 5.41 Å². The minimum absolute atomic E-state index is 0.325. The molecule has 2 rings (SSSR count). The van der Waals surface area contributed by atoms with Crippen LogP contribution in [0.4, 0.5) is 0 Å². The fraction of sp³-hybridized carbons (Fsp3) is 0.294. The SMILES string of the molecule is C/C(C#C[C@@](O)(c1ccccc1)C1(C#N)CC1)=C/C(=O)O. The largest absolute Gasteiger partial charge is 0.478 e. The van der Waals surface area contributed by atoms with Crippen molar-refractivity contribution in [1.29, 1.82) is 5.26 Å². The topological polar surface area (TPSA) is 81.3 Å². The molecule has 0 aliphatic heterocycles. The molecule has 0 saturated heterocycles. The molecule has 0 amide bonds. The van der Waals surface area contributed by atoms with Gasteiger partial charge in [0.15, 0.2) is 5.60 Å². The quantitative estimate of drug-likeness (QED) is 0.657. The Labute approximate surface area is 123 Å². The minimum atomic E-state index is -1.59. The summed E-state index contributed by atoms with van der Waals surface area (Å²) in [7, 11) is 0. The number of carboxylic acids is 1. The van der Waals surface area contributed by atoms with Crippen molar-refractivity contribution in [2.45, 2.75) is 25.4 Å². The average molecular weight is 281 g/mol. The number of carboxylic acid groups (broad SMARTS) is 1. The zero-order chi connectivity index (χ0) is 15.5. The average Bonchev–Trinajstić information content (AvgIpc) is 3.26. The third-order valence-electron chi connectivity index (χ3n) is 3.63. The van der Waals surface area contributed by atoms with Crippen molar-refractivity contribution < 1.29 is 15.0 Å². The molecule has 1 aromatic rings. The van der Waals surface area contributed by atoms with Gasteiger partial charge in [-0.3, -0.25) is 0 Å². The molecule has 1 fully saturated rings. The number of hydrogen-bond acceptors (Lipinski definition) is 3. The van der Waals surface area contributed by atoms with E-state index in [0.717, 1.165) is 6.08 Å². The lowest BCUT2D eigenvalue weighted by molar-refractivity contribution is -0.131. The highest BCUT2D eigenvalue weighted by Gasteiger charge is 2.60. The van der Waals surface area contributed by atoms with Crippen molar-refractivity contribution in [1.82, 2.24) is 0 Å². The number of rotatable bonds is 3. The molecule has 21 heavy (non-hydrogen) atoms. The molecular formula is C17H15NO3.